The van der Waals surface area contributed by atoms with E-state index in [-0.39, 0.29) is 22.0 Å². The van der Waals surface area contributed by atoms with Crippen molar-refractivity contribution in [3.05, 3.63) is 77.4 Å². The monoisotopic (exact) mass is 631 g/mol. The SMILES string of the molecule is CCCCCCCCCCCCc1ccc(S(=O)(=O)Oc2c(C(C)CC)cc(C(C)(C)C)cc2-n2nc3ccccc3n2)cc1. The lowest BCUT2D eigenvalue weighted by atomic mass is 9.83. The largest absolute Gasteiger partial charge is 0.376 e. The topological polar surface area (TPSA) is 74.1 Å². The molecule has 0 saturated heterocycles. The molecule has 0 saturated carbocycles. The van der Waals surface area contributed by atoms with Gasteiger partial charge in [0.1, 0.15) is 21.6 Å². The quantitative estimate of drug-likeness (QED) is 0.0856. The van der Waals surface area contributed by atoms with Crippen LogP contribution in [0, 0.1) is 0 Å². The summed E-state index contributed by atoms with van der Waals surface area (Å²) >= 11 is 0. The molecule has 0 spiro atoms. The zero-order valence-electron chi connectivity index (χ0n) is 28.3. The maximum absolute atomic E-state index is 13.8. The van der Waals surface area contributed by atoms with E-state index in [9.17, 15) is 8.42 Å². The van der Waals surface area contributed by atoms with Crippen molar-refractivity contribution in [1.29, 1.82) is 0 Å². The Balaban J connectivity index is 1.52. The Bertz CT molecular complexity index is 1590. The maximum atomic E-state index is 13.8. The van der Waals surface area contributed by atoms with Crippen molar-refractivity contribution in [2.75, 3.05) is 0 Å². The number of aromatic nitrogens is 3. The molecule has 45 heavy (non-hydrogen) atoms. The summed E-state index contributed by atoms with van der Waals surface area (Å²) in [5.74, 6) is 0.344. The lowest BCUT2D eigenvalue weighted by Gasteiger charge is -2.25. The van der Waals surface area contributed by atoms with Crippen LogP contribution >= 0.6 is 0 Å². The molecule has 0 radical (unpaired) electrons. The first-order valence-corrected chi connectivity index (χ1v) is 18.5. The number of unbranched alkanes of at least 4 members (excludes halogenated alkanes) is 9. The summed E-state index contributed by atoms with van der Waals surface area (Å²) in [4.78, 5) is 1.67. The third-order valence-electron chi connectivity index (χ3n) is 8.83. The Morgan fingerprint density at radius 2 is 1.33 bits per heavy atom. The van der Waals surface area contributed by atoms with E-state index >= 15 is 0 Å². The number of hydrogen-bond acceptors (Lipinski definition) is 5. The van der Waals surface area contributed by atoms with E-state index < -0.39 is 10.1 Å². The van der Waals surface area contributed by atoms with Crippen LogP contribution < -0.4 is 4.18 Å². The Morgan fingerprint density at radius 1 is 0.778 bits per heavy atom. The van der Waals surface area contributed by atoms with E-state index in [1.54, 1.807) is 12.1 Å². The molecule has 0 aliphatic heterocycles. The molecule has 1 heterocycles. The van der Waals surface area contributed by atoms with Gasteiger partial charge < -0.3 is 4.18 Å². The highest BCUT2D eigenvalue weighted by Gasteiger charge is 2.28. The van der Waals surface area contributed by atoms with Gasteiger partial charge >= 0.3 is 10.1 Å². The number of hydrogen-bond donors (Lipinski definition) is 0. The molecule has 1 aromatic heterocycles. The summed E-state index contributed by atoms with van der Waals surface area (Å²) in [7, 11) is -4.12. The van der Waals surface area contributed by atoms with Gasteiger partial charge in [0, 0.05) is 5.56 Å². The lowest BCUT2D eigenvalue weighted by Crippen LogP contribution is -2.18. The van der Waals surface area contributed by atoms with Crippen LogP contribution in [0.5, 0.6) is 5.75 Å². The molecule has 4 rings (SSSR count). The van der Waals surface area contributed by atoms with Crippen molar-refractivity contribution >= 4 is 21.2 Å². The zero-order chi connectivity index (χ0) is 32.5. The molecular formula is C38H53N3O3S. The molecule has 0 aliphatic carbocycles. The van der Waals surface area contributed by atoms with Gasteiger partial charge in [0.15, 0.2) is 5.75 Å². The molecule has 1 unspecified atom stereocenters. The summed E-state index contributed by atoms with van der Waals surface area (Å²) in [6, 6.07) is 18.9. The molecule has 7 heteroatoms. The van der Waals surface area contributed by atoms with Crippen LogP contribution in [0.4, 0.5) is 0 Å². The summed E-state index contributed by atoms with van der Waals surface area (Å²) in [6.07, 6.45) is 14.8. The fourth-order valence-electron chi connectivity index (χ4n) is 5.66. The van der Waals surface area contributed by atoms with E-state index in [2.05, 4.69) is 47.6 Å². The molecule has 0 aliphatic rings. The van der Waals surface area contributed by atoms with Crippen molar-refractivity contribution < 1.29 is 12.6 Å². The van der Waals surface area contributed by atoms with E-state index in [1.807, 2.05) is 42.5 Å². The number of rotatable bonds is 17. The molecular weight excluding hydrogens is 579 g/mol. The highest BCUT2D eigenvalue weighted by Crippen LogP contribution is 2.40. The van der Waals surface area contributed by atoms with E-state index in [0.717, 1.165) is 47.0 Å². The molecule has 1 atom stereocenters. The Hall–Kier alpha value is -3.19. The second-order valence-electron chi connectivity index (χ2n) is 13.6. The lowest BCUT2D eigenvalue weighted by molar-refractivity contribution is 0.474. The van der Waals surface area contributed by atoms with Gasteiger partial charge in [0.2, 0.25) is 0 Å². The van der Waals surface area contributed by atoms with E-state index in [1.165, 1.54) is 62.6 Å². The summed E-state index contributed by atoms with van der Waals surface area (Å²) < 4.78 is 33.6. The maximum Gasteiger partial charge on any atom is 0.339 e. The van der Waals surface area contributed by atoms with Crippen LogP contribution in [0.3, 0.4) is 0 Å². The highest BCUT2D eigenvalue weighted by atomic mass is 32.2. The predicted molar refractivity (Wildman–Crippen MR) is 186 cm³/mol. The van der Waals surface area contributed by atoms with Crippen LogP contribution in [0.1, 0.15) is 135 Å². The molecule has 4 aromatic rings. The van der Waals surface area contributed by atoms with Gasteiger partial charge in [-0.1, -0.05) is 130 Å². The van der Waals surface area contributed by atoms with Crippen LogP contribution in [-0.2, 0) is 22.0 Å². The minimum Gasteiger partial charge on any atom is -0.376 e. The summed E-state index contributed by atoms with van der Waals surface area (Å²) in [5.41, 5.74) is 4.86. The third-order valence-corrected chi connectivity index (χ3v) is 10.1. The van der Waals surface area contributed by atoms with E-state index in [4.69, 9.17) is 14.4 Å². The first-order valence-electron chi connectivity index (χ1n) is 17.1. The van der Waals surface area contributed by atoms with Gasteiger partial charge in [-0.25, -0.2) is 0 Å². The minimum absolute atomic E-state index is 0.0599. The first-order chi connectivity index (χ1) is 21.5. The van der Waals surface area contributed by atoms with Gasteiger partial charge in [-0.05, 0) is 72.1 Å². The van der Waals surface area contributed by atoms with Crippen molar-refractivity contribution in [1.82, 2.24) is 15.0 Å². The van der Waals surface area contributed by atoms with Crippen LogP contribution in [0.2, 0.25) is 0 Å². The Labute approximate surface area is 271 Å². The number of nitrogens with zero attached hydrogens (tertiary/aromatic N) is 3. The summed E-state index contributed by atoms with van der Waals surface area (Å²) in [5, 5.41) is 9.41. The van der Waals surface area contributed by atoms with Gasteiger partial charge in [0.05, 0.1) is 0 Å². The standard InChI is InChI=1S/C38H53N3O3S/c1-7-9-10-11-12-13-14-15-16-17-20-30-23-25-32(26-24-30)45(42,43)44-37-33(29(3)8-2)27-31(38(4,5)6)28-36(37)41-39-34-21-18-19-22-35(34)40-41/h18-19,21-29H,7-17,20H2,1-6H3. The first kappa shape index (κ1) is 34.7. The number of benzene rings is 3. The molecule has 0 fully saturated rings. The van der Waals surface area contributed by atoms with E-state index in [0.29, 0.717) is 5.69 Å². The van der Waals surface area contributed by atoms with Crippen molar-refractivity contribution in [2.24, 2.45) is 0 Å². The Morgan fingerprint density at radius 3 is 1.87 bits per heavy atom. The molecule has 0 bridgehead atoms. The Kier molecular flexibility index (Phi) is 12.2. The fraction of sp³-hybridized carbons (Fsp3) is 0.526. The average Bonchev–Trinajstić information content (AvgIpc) is 3.45. The summed E-state index contributed by atoms with van der Waals surface area (Å²) in [6.45, 7) is 12.9. The van der Waals surface area contributed by atoms with Crippen LogP contribution in [-0.4, -0.2) is 23.4 Å². The van der Waals surface area contributed by atoms with Gasteiger partial charge in [-0.15, -0.1) is 15.0 Å². The molecule has 6 nitrogen and oxygen atoms in total. The zero-order valence-corrected chi connectivity index (χ0v) is 29.1. The predicted octanol–water partition coefficient (Wildman–Crippen LogP) is 10.5. The molecule has 0 amide bonds. The fourth-order valence-corrected chi connectivity index (χ4v) is 6.63. The minimum atomic E-state index is -4.12. The second kappa shape index (κ2) is 15.9. The number of aryl methyl sites for hydroxylation is 1. The van der Waals surface area contributed by atoms with Crippen molar-refractivity contribution in [3.63, 3.8) is 0 Å². The van der Waals surface area contributed by atoms with Gasteiger partial charge in [-0.2, -0.15) is 8.42 Å². The van der Waals surface area contributed by atoms with Gasteiger partial charge in [0.25, 0.3) is 0 Å². The normalized spacial score (nSPS) is 12.9. The second-order valence-corrected chi connectivity index (χ2v) is 15.1. The smallest absolute Gasteiger partial charge is 0.339 e. The number of fused-ring (bicyclic) bond motifs is 1. The van der Waals surface area contributed by atoms with Crippen LogP contribution in [0.15, 0.2) is 65.6 Å². The van der Waals surface area contributed by atoms with Crippen molar-refractivity contribution in [3.8, 4) is 11.4 Å². The highest BCUT2D eigenvalue weighted by molar-refractivity contribution is 7.87. The van der Waals surface area contributed by atoms with Crippen molar-refractivity contribution in [2.45, 2.75) is 135 Å². The van der Waals surface area contributed by atoms with Gasteiger partial charge in [-0.3, -0.25) is 0 Å². The molecule has 3 aromatic carbocycles. The third kappa shape index (κ3) is 9.41. The average molecular weight is 632 g/mol. The van der Waals surface area contributed by atoms with Crippen LogP contribution in [0.25, 0.3) is 16.7 Å². The molecule has 0 N–H and O–H groups in total. The molecule has 244 valence electrons.